The van der Waals surface area contributed by atoms with Crippen molar-refractivity contribution in [3.63, 3.8) is 0 Å². The van der Waals surface area contributed by atoms with E-state index in [0.29, 0.717) is 16.9 Å². The number of anilines is 2. The third-order valence-corrected chi connectivity index (χ3v) is 4.55. The van der Waals surface area contributed by atoms with Crippen LogP contribution in [0.25, 0.3) is 10.9 Å². The van der Waals surface area contributed by atoms with Gasteiger partial charge in [-0.25, -0.2) is 9.59 Å². The fourth-order valence-electron chi connectivity index (χ4n) is 3.18. The first-order valence-corrected chi connectivity index (χ1v) is 8.99. The molecule has 0 aliphatic rings. The minimum atomic E-state index is -1.01. The molecule has 0 unspecified atom stereocenters. The number of benzene rings is 2. The van der Waals surface area contributed by atoms with Crippen molar-refractivity contribution < 1.29 is 19.4 Å². The number of nitrogens with one attached hydrogen (secondary N) is 1. The number of hydrogen-bond donors (Lipinski definition) is 2. The molecule has 0 spiro atoms. The number of carbonyl (C=O) groups excluding carboxylic acids is 1. The Morgan fingerprint density at radius 3 is 2.54 bits per heavy atom. The summed E-state index contributed by atoms with van der Waals surface area (Å²) in [6.07, 6.45) is 1.50. The highest BCUT2D eigenvalue weighted by atomic mass is 16.5. The average Bonchev–Trinajstić information content (AvgIpc) is 2.63. The number of fused-ring (bicyclic) bond motifs is 1. The second kappa shape index (κ2) is 7.68. The Labute approximate surface area is 163 Å². The highest BCUT2D eigenvalue weighted by Gasteiger charge is 2.19. The molecule has 0 atom stereocenters. The molecule has 144 valence electrons. The van der Waals surface area contributed by atoms with Crippen molar-refractivity contribution in [2.75, 3.05) is 11.9 Å². The summed E-state index contributed by atoms with van der Waals surface area (Å²) in [6.45, 7) is 7.80. The molecule has 6 nitrogen and oxygen atoms in total. The molecule has 2 aromatic carbocycles. The number of rotatable bonds is 5. The fourth-order valence-corrected chi connectivity index (χ4v) is 3.18. The molecular formula is C22H22N2O4. The molecule has 3 rings (SSSR count). The topological polar surface area (TPSA) is 88.5 Å². The molecule has 0 amide bonds. The quantitative estimate of drug-likeness (QED) is 0.621. The fraction of sp³-hybridized carbons (Fsp3) is 0.227. The lowest BCUT2D eigenvalue weighted by atomic mass is 10.0. The molecular weight excluding hydrogens is 356 g/mol. The van der Waals surface area contributed by atoms with Crippen molar-refractivity contribution in [1.29, 1.82) is 0 Å². The standard InChI is InChI=1S/C22H22N2O4/c1-5-28-22(27)17-11-23-19-14(4)8-12(2)9-16(19)20(17)24-18-10-15(21(25)26)7-6-13(18)3/h6-11H,5H2,1-4H3,(H,23,24)(H,25,26). The Morgan fingerprint density at radius 1 is 1.11 bits per heavy atom. The number of pyridine rings is 1. The van der Waals surface area contributed by atoms with Gasteiger partial charge in [-0.2, -0.15) is 0 Å². The van der Waals surface area contributed by atoms with E-state index in [2.05, 4.69) is 10.3 Å². The second-order valence-electron chi connectivity index (χ2n) is 6.71. The Bertz CT molecular complexity index is 1090. The number of aryl methyl sites for hydroxylation is 3. The van der Waals surface area contributed by atoms with Crippen LogP contribution >= 0.6 is 0 Å². The van der Waals surface area contributed by atoms with E-state index in [9.17, 15) is 14.7 Å². The molecule has 6 heteroatoms. The van der Waals surface area contributed by atoms with Crippen molar-refractivity contribution in [2.24, 2.45) is 0 Å². The van der Waals surface area contributed by atoms with Gasteiger partial charge in [0.15, 0.2) is 0 Å². The minimum Gasteiger partial charge on any atom is -0.478 e. The van der Waals surface area contributed by atoms with Crippen LogP contribution in [0.3, 0.4) is 0 Å². The third kappa shape index (κ3) is 3.67. The molecule has 1 heterocycles. The van der Waals surface area contributed by atoms with E-state index in [0.717, 1.165) is 27.6 Å². The molecule has 0 saturated carbocycles. The van der Waals surface area contributed by atoms with Crippen molar-refractivity contribution in [3.8, 4) is 0 Å². The van der Waals surface area contributed by atoms with Crippen LogP contribution in [0.5, 0.6) is 0 Å². The van der Waals surface area contributed by atoms with Crippen LogP contribution in [0, 0.1) is 20.8 Å². The molecule has 28 heavy (non-hydrogen) atoms. The molecule has 0 radical (unpaired) electrons. The van der Waals surface area contributed by atoms with E-state index in [4.69, 9.17) is 4.74 Å². The molecule has 0 fully saturated rings. The SMILES string of the molecule is CCOC(=O)c1cnc2c(C)cc(C)cc2c1Nc1cc(C(=O)O)ccc1C. The number of carboxylic acids is 1. The minimum absolute atomic E-state index is 0.163. The van der Waals surface area contributed by atoms with E-state index in [1.54, 1.807) is 25.1 Å². The summed E-state index contributed by atoms with van der Waals surface area (Å²) in [5.41, 5.74) is 5.28. The van der Waals surface area contributed by atoms with Crippen molar-refractivity contribution in [1.82, 2.24) is 4.98 Å². The Hall–Kier alpha value is -3.41. The van der Waals surface area contributed by atoms with Gasteiger partial charge in [-0.3, -0.25) is 4.98 Å². The number of nitrogens with zero attached hydrogens (tertiary/aromatic N) is 1. The van der Waals surface area contributed by atoms with Gasteiger partial charge in [-0.05, 0) is 57.0 Å². The molecule has 0 aliphatic heterocycles. The number of ether oxygens (including phenoxy) is 1. The number of esters is 1. The number of aromatic nitrogens is 1. The molecule has 1 aromatic heterocycles. The van der Waals surface area contributed by atoms with Crippen molar-refractivity contribution in [2.45, 2.75) is 27.7 Å². The van der Waals surface area contributed by atoms with Gasteiger partial charge in [0, 0.05) is 17.3 Å². The number of carboxylic acid groups (broad SMARTS) is 1. The van der Waals surface area contributed by atoms with Gasteiger partial charge in [0.25, 0.3) is 0 Å². The highest BCUT2D eigenvalue weighted by molar-refractivity contribution is 6.07. The Kier molecular flexibility index (Phi) is 5.31. The summed E-state index contributed by atoms with van der Waals surface area (Å²) in [4.78, 5) is 28.4. The van der Waals surface area contributed by atoms with E-state index in [1.807, 2.05) is 32.9 Å². The predicted molar refractivity (Wildman–Crippen MR) is 109 cm³/mol. The molecule has 0 bridgehead atoms. The number of carbonyl (C=O) groups is 2. The van der Waals surface area contributed by atoms with Gasteiger partial charge in [0.1, 0.15) is 5.56 Å². The number of aromatic carboxylic acids is 1. The van der Waals surface area contributed by atoms with Gasteiger partial charge >= 0.3 is 11.9 Å². The Morgan fingerprint density at radius 2 is 1.86 bits per heavy atom. The smallest absolute Gasteiger partial charge is 0.341 e. The van der Waals surface area contributed by atoms with Crippen LogP contribution < -0.4 is 5.32 Å². The zero-order valence-corrected chi connectivity index (χ0v) is 16.3. The number of hydrogen-bond acceptors (Lipinski definition) is 5. The first kappa shape index (κ1) is 19.4. The summed E-state index contributed by atoms with van der Waals surface area (Å²) in [5, 5.41) is 13.4. The van der Waals surface area contributed by atoms with Crippen LogP contribution in [0.1, 0.15) is 44.3 Å². The maximum absolute atomic E-state index is 12.5. The zero-order valence-electron chi connectivity index (χ0n) is 16.3. The summed E-state index contributed by atoms with van der Waals surface area (Å²) >= 11 is 0. The molecule has 2 N–H and O–H groups in total. The maximum atomic E-state index is 12.5. The lowest BCUT2D eigenvalue weighted by Crippen LogP contribution is -2.10. The van der Waals surface area contributed by atoms with Gasteiger partial charge in [0.2, 0.25) is 0 Å². The summed E-state index contributed by atoms with van der Waals surface area (Å²) in [5.74, 6) is -1.49. The maximum Gasteiger partial charge on any atom is 0.341 e. The van der Waals surface area contributed by atoms with Gasteiger partial charge in [-0.15, -0.1) is 0 Å². The summed E-state index contributed by atoms with van der Waals surface area (Å²) in [7, 11) is 0. The van der Waals surface area contributed by atoms with Crippen LogP contribution in [0.4, 0.5) is 11.4 Å². The molecule has 0 aliphatic carbocycles. The van der Waals surface area contributed by atoms with E-state index >= 15 is 0 Å². The molecule has 0 saturated heterocycles. The summed E-state index contributed by atoms with van der Waals surface area (Å²) < 4.78 is 5.19. The van der Waals surface area contributed by atoms with E-state index in [1.165, 1.54) is 6.20 Å². The lowest BCUT2D eigenvalue weighted by Gasteiger charge is -2.17. The summed E-state index contributed by atoms with van der Waals surface area (Å²) in [6, 6.07) is 8.82. The van der Waals surface area contributed by atoms with Crippen LogP contribution in [0.15, 0.2) is 36.5 Å². The predicted octanol–water partition coefficient (Wildman–Crippen LogP) is 4.78. The first-order valence-electron chi connectivity index (χ1n) is 8.99. The molecule has 3 aromatic rings. The van der Waals surface area contributed by atoms with Crippen LogP contribution in [-0.2, 0) is 4.74 Å². The van der Waals surface area contributed by atoms with Gasteiger partial charge < -0.3 is 15.2 Å². The highest BCUT2D eigenvalue weighted by Crippen LogP contribution is 2.33. The largest absolute Gasteiger partial charge is 0.478 e. The van der Waals surface area contributed by atoms with E-state index in [-0.39, 0.29) is 12.2 Å². The van der Waals surface area contributed by atoms with Crippen LogP contribution in [-0.4, -0.2) is 28.6 Å². The average molecular weight is 378 g/mol. The first-order chi connectivity index (χ1) is 13.3. The Balaban J connectivity index is 2.25. The zero-order chi connectivity index (χ0) is 20.4. The third-order valence-electron chi connectivity index (χ3n) is 4.55. The van der Waals surface area contributed by atoms with Gasteiger partial charge in [0.05, 0.1) is 23.4 Å². The van der Waals surface area contributed by atoms with Crippen LogP contribution in [0.2, 0.25) is 0 Å². The van der Waals surface area contributed by atoms with E-state index < -0.39 is 11.9 Å². The second-order valence-corrected chi connectivity index (χ2v) is 6.71. The normalized spacial score (nSPS) is 10.7. The van der Waals surface area contributed by atoms with Crippen molar-refractivity contribution in [3.05, 3.63) is 64.3 Å². The van der Waals surface area contributed by atoms with Gasteiger partial charge in [-0.1, -0.05) is 17.7 Å². The monoisotopic (exact) mass is 378 g/mol. The lowest BCUT2D eigenvalue weighted by molar-refractivity contribution is 0.0526. The van der Waals surface area contributed by atoms with Crippen molar-refractivity contribution >= 4 is 34.2 Å².